The van der Waals surface area contributed by atoms with Gasteiger partial charge in [0, 0.05) is 6.61 Å². The zero-order valence-electron chi connectivity index (χ0n) is 11.7. The van der Waals surface area contributed by atoms with E-state index >= 15 is 0 Å². The molecule has 4 aliphatic rings. The highest BCUT2D eigenvalue weighted by Gasteiger charge is 2.45. The second-order valence-corrected chi connectivity index (χ2v) is 6.36. The Hall–Kier alpha value is -0.650. The number of hydrogen-bond acceptors (Lipinski definition) is 5. The molecule has 4 heterocycles. The van der Waals surface area contributed by atoms with Crippen molar-refractivity contribution < 1.29 is 23.7 Å². The van der Waals surface area contributed by atoms with Gasteiger partial charge in [0.05, 0.1) is 30.8 Å². The molecule has 4 fully saturated rings. The van der Waals surface area contributed by atoms with Crippen molar-refractivity contribution in [3.63, 3.8) is 0 Å². The van der Waals surface area contributed by atoms with Crippen LogP contribution in [0.2, 0.25) is 0 Å². The number of ether oxygens (including phenoxy) is 4. The van der Waals surface area contributed by atoms with Crippen molar-refractivity contribution in [2.24, 2.45) is 0 Å². The molecule has 0 aromatic heterocycles. The molecule has 5 heteroatoms. The molecule has 0 unspecified atom stereocenters. The number of rotatable bonds is 0. The van der Waals surface area contributed by atoms with Gasteiger partial charge in [-0.15, -0.1) is 0 Å². The zero-order chi connectivity index (χ0) is 13.5. The summed E-state index contributed by atoms with van der Waals surface area (Å²) >= 11 is 0. The predicted octanol–water partition coefficient (Wildman–Crippen LogP) is 1.58. The first-order valence-corrected chi connectivity index (χ1v) is 7.91. The Labute approximate surface area is 118 Å². The third-order valence-corrected chi connectivity index (χ3v) is 5.03. The molecule has 0 bridgehead atoms. The SMILES string of the molecule is O=C1C[C@H]2O[C@H]3CC[C@H]4OCCC[C@@H]4O[C@@H]3CC[C@@H]2O1. The number of fused-ring (bicyclic) bond motifs is 3. The van der Waals surface area contributed by atoms with E-state index in [1.807, 2.05) is 0 Å². The van der Waals surface area contributed by atoms with E-state index in [0.717, 1.165) is 45.1 Å². The molecular formula is C15H22O5. The van der Waals surface area contributed by atoms with Crippen molar-refractivity contribution in [3.8, 4) is 0 Å². The van der Waals surface area contributed by atoms with Crippen LogP contribution in [-0.4, -0.2) is 49.2 Å². The van der Waals surface area contributed by atoms with Gasteiger partial charge in [0.1, 0.15) is 12.2 Å². The Bertz CT molecular complexity index is 384. The summed E-state index contributed by atoms with van der Waals surface area (Å²) in [5.41, 5.74) is 0. The Morgan fingerprint density at radius 2 is 1.40 bits per heavy atom. The van der Waals surface area contributed by atoms with Gasteiger partial charge in [-0.1, -0.05) is 0 Å². The van der Waals surface area contributed by atoms with Crippen molar-refractivity contribution in [1.82, 2.24) is 0 Å². The first-order chi connectivity index (χ1) is 9.79. The molecule has 0 aromatic rings. The fourth-order valence-corrected chi connectivity index (χ4v) is 4.00. The highest BCUT2D eigenvalue weighted by atomic mass is 16.6. The lowest BCUT2D eigenvalue weighted by atomic mass is 10.0. The largest absolute Gasteiger partial charge is 0.460 e. The van der Waals surface area contributed by atoms with Gasteiger partial charge in [-0.05, 0) is 38.5 Å². The highest BCUT2D eigenvalue weighted by Crippen LogP contribution is 2.36. The van der Waals surface area contributed by atoms with Gasteiger partial charge >= 0.3 is 5.97 Å². The lowest BCUT2D eigenvalue weighted by Crippen LogP contribution is -2.38. The minimum Gasteiger partial charge on any atom is -0.460 e. The molecule has 0 saturated carbocycles. The molecular weight excluding hydrogens is 260 g/mol. The highest BCUT2D eigenvalue weighted by molar-refractivity contribution is 5.72. The average molecular weight is 282 g/mol. The summed E-state index contributed by atoms with van der Waals surface area (Å²) in [4.78, 5) is 11.4. The van der Waals surface area contributed by atoms with Crippen LogP contribution in [0.3, 0.4) is 0 Å². The van der Waals surface area contributed by atoms with Gasteiger partial charge in [0.2, 0.25) is 0 Å². The number of hydrogen-bond donors (Lipinski definition) is 0. The normalized spacial score (nSPS) is 48.3. The lowest BCUT2D eigenvalue weighted by molar-refractivity contribution is -0.145. The molecule has 6 atom stereocenters. The minimum absolute atomic E-state index is 0.0589. The third kappa shape index (κ3) is 2.36. The van der Waals surface area contributed by atoms with E-state index in [1.165, 1.54) is 0 Å². The Kier molecular flexibility index (Phi) is 3.44. The summed E-state index contributed by atoms with van der Waals surface area (Å²) in [6.07, 6.45) is 6.87. The molecule has 5 nitrogen and oxygen atoms in total. The first kappa shape index (κ1) is 13.0. The van der Waals surface area contributed by atoms with E-state index in [-0.39, 0.29) is 42.6 Å². The van der Waals surface area contributed by atoms with Crippen LogP contribution in [0.15, 0.2) is 0 Å². The van der Waals surface area contributed by atoms with E-state index in [1.54, 1.807) is 0 Å². The van der Waals surface area contributed by atoms with Crippen LogP contribution in [0.1, 0.15) is 44.9 Å². The van der Waals surface area contributed by atoms with Crippen LogP contribution >= 0.6 is 0 Å². The van der Waals surface area contributed by atoms with Gasteiger partial charge in [0.25, 0.3) is 0 Å². The summed E-state index contributed by atoms with van der Waals surface area (Å²) in [5, 5.41) is 0. The van der Waals surface area contributed by atoms with Gasteiger partial charge in [0.15, 0.2) is 0 Å². The second kappa shape index (κ2) is 5.28. The number of esters is 1. The average Bonchev–Trinajstić information content (AvgIpc) is 2.61. The molecule has 0 radical (unpaired) electrons. The maximum atomic E-state index is 11.4. The minimum atomic E-state index is -0.120. The maximum absolute atomic E-state index is 11.4. The van der Waals surface area contributed by atoms with Crippen LogP contribution < -0.4 is 0 Å². The fraction of sp³-hybridized carbons (Fsp3) is 0.933. The quantitative estimate of drug-likeness (QED) is 0.631. The molecule has 4 saturated heterocycles. The van der Waals surface area contributed by atoms with Crippen molar-refractivity contribution >= 4 is 5.97 Å². The van der Waals surface area contributed by atoms with Crippen LogP contribution in [-0.2, 0) is 23.7 Å². The molecule has 20 heavy (non-hydrogen) atoms. The fourth-order valence-electron chi connectivity index (χ4n) is 4.00. The molecule has 0 aliphatic carbocycles. The molecule has 0 spiro atoms. The number of carbonyl (C=O) groups excluding carboxylic acids is 1. The van der Waals surface area contributed by atoms with E-state index < -0.39 is 0 Å². The molecule has 0 aromatic carbocycles. The summed E-state index contributed by atoms with van der Waals surface area (Å²) < 4.78 is 23.7. The summed E-state index contributed by atoms with van der Waals surface area (Å²) in [6.45, 7) is 0.855. The molecule has 0 amide bonds. The molecule has 112 valence electrons. The van der Waals surface area contributed by atoms with Crippen LogP contribution in [0.4, 0.5) is 0 Å². The first-order valence-electron chi connectivity index (χ1n) is 7.91. The monoisotopic (exact) mass is 282 g/mol. The zero-order valence-corrected chi connectivity index (χ0v) is 11.7. The van der Waals surface area contributed by atoms with Gasteiger partial charge in [-0.25, -0.2) is 0 Å². The summed E-state index contributed by atoms with van der Waals surface area (Å²) in [5.74, 6) is -0.120. The van der Waals surface area contributed by atoms with E-state index in [2.05, 4.69) is 0 Å². The summed E-state index contributed by atoms with van der Waals surface area (Å²) in [6, 6.07) is 0. The standard InChI is InChI=1S/C15H22O5/c16-15-8-14-13(20-15)6-5-11-12(19-14)4-3-9-10(18-11)2-1-7-17-9/h9-14H,1-8H2/t9-,10+,11-,12+,13+,14-/m1/s1. The Balaban J connectivity index is 1.48. The summed E-state index contributed by atoms with van der Waals surface area (Å²) in [7, 11) is 0. The van der Waals surface area contributed by atoms with Crippen LogP contribution in [0, 0.1) is 0 Å². The van der Waals surface area contributed by atoms with Gasteiger partial charge < -0.3 is 18.9 Å². The third-order valence-electron chi connectivity index (χ3n) is 5.03. The van der Waals surface area contributed by atoms with E-state index in [0.29, 0.717) is 6.42 Å². The smallest absolute Gasteiger partial charge is 0.308 e. The molecule has 4 rings (SSSR count). The van der Waals surface area contributed by atoms with Crippen LogP contribution in [0.25, 0.3) is 0 Å². The van der Waals surface area contributed by atoms with Crippen molar-refractivity contribution in [2.45, 2.75) is 81.6 Å². The van der Waals surface area contributed by atoms with E-state index in [4.69, 9.17) is 18.9 Å². The lowest BCUT2D eigenvalue weighted by Gasteiger charge is -2.32. The van der Waals surface area contributed by atoms with Gasteiger partial charge in [-0.3, -0.25) is 4.79 Å². The topological polar surface area (TPSA) is 54.0 Å². The molecule has 0 N–H and O–H groups in total. The van der Waals surface area contributed by atoms with Crippen molar-refractivity contribution in [2.75, 3.05) is 6.61 Å². The Morgan fingerprint density at radius 3 is 2.25 bits per heavy atom. The van der Waals surface area contributed by atoms with Crippen molar-refractivity contribution in [3.05, 3.63) is 0 Å². The van der Waals surface area contributed by atoms with Gasteiger partial charge in [-0.2, -0.15) is 0 Å². The van der Waals surface area contributed by atoms with Crippen LogP contribution in [0.5, 0.6) is 0 Å². The maximum Gasteiger partial charge on any atom is 0.308 e. The molecule has 4 aliphatic heterocycles. The van der Waals surface area contributed by atoms with Crippen molar-refractivity contribution in [1.29, 1.82) is 0 Å². The number of carbonyl (C=O) groups is 1. The second-order valence-electron chi connectivity index (χ2n) is 6.36. The van der Waals surface area contributed by atoms with E-state index in [9.17, 15) is 4.79 Å². The predicted molar refractivity (Wildman–Crippen MR) is 69.3 cm³/mol. The Morgan fingerprint density at radius 1 is 0.750 bits per heavy atom.